The number of carbonyl (C=O) groups excluding carboxylic acids is 2. The summed E-state index contributed by atoms with van der Waals surface area (Å²) in [5.74, 6) is -0.576. The van der Waals surface area contributed by atoms with E-state index in [4.69, 9.17) is 10.5 Å². The van der Waals surface area contributed by atoms with Crippen molar-refractivity contribution in [3.05, 3.63) is 53.9 Å². The van der Waals surface area contributed by atoms with Crippen LogP contribution in [0.2, 0.25) is 0 Å². The van der Waals surface area contributed by atoms with Crippen molar-refractivity contribution < 1.29 is 14.3 Å². The molecule has 2 aromatic heterocycles. The highest BCUT2D eigenvalue weighted by Crippen LogP contribution is 2.25. The maximum atomic E-state index is 12.9. The molecule has 0 radical (unpaired) electrons. The zero-order chi connectivity index (χ0) is 19.9. The number of nitrogens with zero attached hydrogens (tertiary/aromatic N) is 4. The van der Waals surface area contributed by atoms with Gasteiger partial charge >= 0.3 is 0 Å². The molecule has 4 rings (SSSR count). The zero-order valence-electron chi connectivity index (χ0n) is 15.8. The summed E-state index contributed by atoms with van der Waals surface area (Å²) in [6.45, 7) is 5.64. The molecule has 1 aliphatic rings. The number of rotatable bonds is 3. The van der Waals surface area contributed by atoms with Crippen LogP contribution in [0.25, 0.3) is 16.9 Å². The van der Waals surface area contributed by atoms with Gasteiger partial charge in [-0.25, -0.2) is 9.50 Å². The number of hydrogen-bond donors (Lipinski definition) is 1. The van der Waals surface area contributed by atoms with E-state index in [2.05, 4.69) is 10.1 Å². The summed E-state index contributed by atoms with van der Waals surface area (Å²) in [6.07, 6.45) is 1.38. The quantitative estimate of drug-likeness (QED) is 0.747. The second-order valence-corrected chi connectivity index (χ2v) is 7.39. The van der Waals surface area contributed by atoms with Crippen molar-refractivity contribution in [1.29, 1.82) is 0 Å². The molecular formula is C20H21N5O3. The minimum atomic E-state index is -0.557. The van der Waals surface area contributed by atoms with Crippen LogP contribution >= 0.6 is 0 Å². The van der Waals surface area contributed by atoms with Gasteiger partial charge in [-0.05, 0) is 38.1 Å². The van der Waals surface area contributed by atoms with Gasteiger partial charge in [0.05, 0.1) is 30.0 Å². The van der Waals surface area contributed by atoms with E-state index in [9.17, 15) is 9.59 Å². The Bertz CT molecular complexity index is 1060. The van der Waals surface area contributed by atoms with Crippen LogP contribution < -0.4 is 5.73 Å². The van der Waals surface area contributed by atoms with E-state index >= 15 is 0 Å². The molecule has 2 amide bonds. The summed E-state index contributed by atoms with van der Waals surface area (Å²) in [5.41, 5.74) is 7.99. The van der Waals surface area contributed by atoms with E-state index in [1.807, 2.05) is 30.9 Å². The van der Waals surface area contributed by atoms with Crippen molar-refractivity contribution in [3.8, 4) is 11.3 Å². The van der Waals surface area contributed by atoms with Gasteiger partial charge in [0.2, 0.25) is 0 Å². The molecular weight excluding hydrogens is 358 g/mol. The van der Waals surface area contributed by atoms with Gasteiger partial charge in [-0.15, -0.1) is 0 Å². The fourth-order valence-corrected chi connectivity index (χ4v) is 3.49. The molecule has 1 fully saturated rings. The number of hydrogen-bond acceptors (Lipinski definition) is 5. The molecule has 144 valence electrons. The van der Waals surface area contributed by atoms with Crippen LogP contribution in [0.4, 0.5) is 0 Å². The van der Waals surface area contributed by atoms with E-state index < -0.39 is 5.91 Å². The van der Waals surface area contributed by atoms with Crippen molar-refractivity contribution in [2.24, 2.45) is 5.73 Å². The van der Waals surface area contributed by atoms with Crippen molar-refractivity contribution in [2.45, 2.75) is 19.4 Å². The van der Waals surface area contributed by atoms with Gasteiger partial charge in [-0.2, -0.15) is 5.10 Å². The molecule has 0 aliphatic carbocycles. The van der Waals surface area contributed by atoms with Crippen molar-refractivity contribution in [3.63, 3.8) is 0 Å². The Morgan fingerprint density at radius 3 is 2.57 bits per heavy atom. The Balaban J connectivity index is 1.67. The van der Waals surface area contributed by atoms with Crippen molar-refractivity contribution in [2.75, 3.05) is 19.8 Å². The molecule has 3 aromatic rings. The fraction of sp³-hybridized carbons (Fsp3) is 0.300. The van der Waals surface area contributed by atoms with Gasteiger partial charge in [0, 0.05) is 17.7 Å². The third kappa shape index (κ3) is 3.01. The number of benzene rings is 1. The molecule has 1 aromatic carbocycles. The predicted molar refractivity (Wildman–Crippen MR) is 103 cm³/mol. The standard InChI is InChI=1S/C20H21N5O3/c1-20(2)11-28-10-9-24(20)19(27)14-5-3-13(4-6-14)16-8-7-15(17(21)26)18-22-12-23-25(16)18/h3-8,12H,9-11H2,1-2H3,(H2,21,26). The predicted octanol–water partition coefficient (Wildman–Crippen LogP) is 1.75. The maximum Gasteiger partial charge on any atom is 0.254 e. The number of primary amides is 1. The average molecular weight is 379 g/mol. The Labute approximate surface area is 161 Å². The van der Waals surface area contributed by atoms with Gasteiger partial charge in [-0.1, -0.05) is 12.1 Å². The summed E-state index contributed by atoms with van der Waals surface area (Å²) in [6, 6.07) is 10.7. The monoisotopic (exact) mass is 379 g/mol. The normalized spacial score (nSPS) is 16.3. The summed E-state index contributed by atoms with van der Waals surface area (Å²) in [4.78, 5) is 30.5. The van der Waals surface area contributed by atoms with E-state index in [-0.39, 0.29) is 11.4 Å². The minimum absolute atomic E-state index is 0.0187. The van der Waals surface area contributed by atoms with E-state index in [1.54, 1.807) is 28.8 Å². The second kappa shape index (κ2) is 6.72. The first-order valence-corrected chi connectivity index (χ1v) is 9.01. The summed E-state index contributed by atoms with van der Waals surface area (Å²) < 4.78 is 7.07. The molecule has 1 saturated heterocycles. The maximum absolute atomic E-state index is 12.9. The first kappa shape index (κ1) is 18.1. The van der Waals surface area contributed by atoms with Gasteiger partial charge in [0.1, 0.15) is 6.33 Å². The van der Waals surface area contributed by atoms with Crippen LogP contribution in [0.1, 0.15) is 34.6 Å². The molecule has 0 bridgehead atoms. The number of nitrogens with two attached hydrogens (primary N) is 1. The van der Waals surface area contributed by atoms with Crippen LogP contribution in [0.3, 0.4) is 0 Å². The van der Waals surface area contributed by atoms with Crippen LogP contribution in [0.5, 0.6) is 0 Å². The lowest BCUT2D eigenvalue weighted by Gasteiger charge is -2.42. The van der Waals surface area contributed by atoms with Crippen molar-refractivity contribution in [1.82, 2.24) is 19.5 Å². The first-order chi connectivity index (χ1) is 13.4. The van der Waals surface area contributed by atoms with Gasteiger partial charge < -0.3 is 15.4 Å². The first-order valence-electron chi connectivity index (χ1n) is 9.01. The van der Waals surface area contributed by atoms with Gasteiger partial charge in [0.25, 0.3) is 11.8 Å². The van der Waals surface area contributed by atoms with Crippen LogP contribution in [-0.2, 0) is 4.74 Å². The number of pyridine rings is 1. The molecule has 28 heavy (non-hydrogen) atoms. The highest BCUT2D eigenvalue weighted by atomic mass is 16.5. The number of aromatic nitrogens is 3. The van der Waals surface area contributed by atoms with E-state index in [0.29, 0.717) is 36.5 Å². The minimum Gasteiger partial charge on any atom is -0.377 e. The van der Waals surface area contributed by atoms with Gasteiger partial charge in [0.15, 0.2) is 5.65 Å². The molecule has 8 nitrogen and oxygen atoms in total. The van der Waals surface area contributed by atoms with Crippen LogP contribution in [0, 0.1) is 0 Å². The molecule has 0 unspecified atom stereocenters. The van der Waals surface area contributed by atoms with E-state index in [1.165, 1.54) is 6.33 Å². The highest BCUT2D eigenvalue weighted by Gasteiger charge is 2.34. The smallest absolute Gasteiger partial charge is 0.254 e. The summed E-state index contributed by atoms with van der Waals surface area (Å²) in [7, 11) is 0. The third-order valence-electron chi connectivity index (χ3n) is 5.01. The fourth-order valence-electron chi connectivity index (χ4n) is 3.49. The molecule has 0 spiro atoms. The molecule has 2 N–H and O–H groups in total. The van der Waals surface area contributed by atoms with Gasteiger partial charge in [-0.3, -0.25) is 9.59 Å². The summed E-state index contributed by atoms with van der Waals surface area (Å²) >= 11 is 0. The number of fused-ring (bicyclic) bond motifs is 1. The number of morpholine rings is 1. The third-order valence-corrected chi connectivity index (χ3v) is 5.01. The molecule has 3 heterocycles. The van der Waals surface area contributed by atoms with Crippen LogP contribution in [0.15, 0.2) is 42.7 Å². The summed E-state index contributed by atoms with van der Waals surface area (Å²) in [5, 5.41) is 4.20. The number of amides is 2. The molecule has 0 atom stereocenters. The SMILES string of the molecule is CC1(C)COCCN1C(=O)c1ccc(-c2ccc(C(N)=O)c3ncnn23)cc1. The second-order valence-electron chi connectivity index (χ2n) is 7.39. The Morgan fingerprint density at radius 2 is 1.89 bits per heavy atom. The van der Waals surface area contributed by atoms with Crippen molar-refractivity contribution >= 4 is 17.5 Å². The largest absolute Gasteiger partial charge is 0.377 e. The number of ether oxygens (including phenoxy) is 1. The topological polar surface area (TPSA) is 103 Å². The lowest BCUT2D eigenvalue weighted by molar-refractivity contribution is -0.0370. The van der Waals surface area contributed by atoms with Crippen LogP contribution in [-0.4, -0.2) is 56.6 Å². The lowest BCUT2D eigenvalue weighted by atomic mass is 10.00. The molecule has 8 heteroatoms. The molecule has 1 aliphatic heterocycles. The Morgan fingerprint density at radius 1 is 1.14 bits per heavy atom. The Kier molecular flexibility index (Phi) is 4.35. The average Bonchev–Trinajstić information content (AvgIpc) is 3.16. The van der Waals surface area contributed by atoms with E-state index in [0.717, 1.165) is 11.3 Å². The highest BCUT2D eigenvalue weighted by molar-refractivity contribution is 5.99. The Hall–Kier alpha value is -3.26. The molecule has 0 saturated carbocycles. The zero-order valence-corrected chi connectivity index (χ0v) is 15.8. The number of carbonyl (C=O) groups is 2. The lowest BCUT2D eigenvalue weighted by Crippen LogP contribution is -2.55.